The van der Waals surface area contributed by atoms with Gasteiger partial charge in [-0.25, -0.2) is 5.43 Å². The van der Waals surface area contributed by atoms with E-state index in [1.165, 1.54) is 6.07 Å². The number of nitrogens with one attached hydrogen (secondary N) is 2. The molecule has 2 amide bonds. The fourth-order valence-corrected chi connectivity index (χ4v) is 2.06. The molecule has 2 aromatic rings. The summed E-state index contributed by atoms with van der Waals surface area (Å²) in [4.78, 5) is 33.5. The number of carbonyl (C=O) groups is 2. The largest absolute Gasteiger partial charge is 0.868 e. The minimum absolute atomic E-state index is 0.231. The molecule has 2 N–H and O–H groups in total. The monoisotopic (exact) mass is 355 g/mol. The van der Waals surface area contributed by atoms with E-state index in [1.54, 1.807) is 6.92 Å². The van der Waals surface area contributed by atoms with Crippen molar-refractivity contribution in [2.75, 3.05) is 0 Å². The van der Waals surface area contributed by atoms with Gasteiger partial charge >= 0.3 is 11.8 Å². The van der Waals surface area contributed by atoms with E-state index in [-0.39, 0.29) is 11.6 Å². The van der Waals surface area contributed by atoms with E-state index in [1.807, 2.05) is 35.8 Å². The topological polar surface area (TPSA) is 137 Å². The smallest absolute Gasteiger partial charge is 0.329 e. The van der Waals surface area contributed by atoms with Gasteiger partial charge in [0.05, 0.1) is 17.2 Å². The molecule has 0 heterocycles. The summed E-state index contributed by atoms with van der Waals surface area (Å²) in [7, 11) is 0. The Labute approximate surface area is 148 Å². The lowest BCUT2D eigenvalue weighted by Crippen LogP contribution is -2.39. The van der Waals surface area contributed by atoms with Gasteiger partial charge in [0, 0.05) is 11.6 Å². The molecule has 0 radical (unpaired) electrons. The number of hydrogen-bond donors (Lipinski definition) is 2. The lowest BCUT2D eigenvalue weighted by Gasteiger charge is -2.13. The van der Waals surface area contributed by atoms with Crippen molar-refractivity contribution < 1.29 is 19.6 Å². The van der Waals surface area contributed by atoms with Crippen molar-refractivity contribution in [3.63, 3.8) is 0 Å². The Morgan fingerprint density at radius 2 is 1.85 bits per heavy atom. The van der Waals surface area contributed by atoms with Crippen LogP contribution in [0.3, 0.4) is 0 Å². The average Bonchev–Trinajstić information content (AvgIpc) is 2.63. The van der Waals surface area contributed by atoms with Crippen LogP contribution in [-0.4, -0.2) is 23.0 Å². The molecule has 26 heavy (non-hydrogen) atoms. The molecule has 0 unspecified atom stereocenters. The van der Waals surface area contributed by atoms with E-state index in [2.05, 4.69) is 10.4 Å². The van der Waals surface area contributed by atoms with E-state index < -0.39 is 28.2 Å². The van der Waals surface area contributed by atoms with E-state index in [9.17, 15) is 24.8 Å². The summed E-state index contributed by atoms with van der Waals surface area (Å²) in [6, 6.07) is 12.1. The van der Waals surface area contributed by atoms with Crippen molar-refractivity contribution in [2.24, 2.45) is 5.10 Å². The van der Waals surface area contributed by atoms with Crippen LogP contribution >= 0.6 is 0 Å². The number of nitro groups is 1. The predicted molar refractivity (Wildman–Crippen MR) is 91.3 cm³/mol. The molecular weight excluding hydrogens is 340 g/mol. The first kappa shape index (κ1) is 18.6. The molecule has 0 bridgehead atoms. The number of carbonyl (C=O) groups excluding carboxylic acids is 2. The van der Waals surface area contributed by atoms with Crippen LogP contribution in [0.2, 0.25) is 0 Å². The minimum atomic E-state index is -0.987. The van der Waals surface area contributed by atoms with Gasteiger partial charge in [-0.15, -0.1) is 0 Å². The molecule has 9 nitrogen and oxygen atoms in total. The number of hydrogen-bond acceptors (Lipinski definition) is 6. The Hall–Kier alpha value is -3.75. The highest BCUT2D eigenvalue weighted by atomic mass is 16.6. The highest BCUT2D eigenvalue weighted by molar-refractivity contribution is 6.35. The van der Waals surface area contributed by atoms with E-state index in [0.717, 1.165) is 23.9 Å². The van der Waals surface area contributed by atoms with Crippen LogP contribution in [-0.2, 0) is 9.59 Å². The van der Waals surface area contributed by atoms with Crippen LogP contribution in [0.25, 0.3) is 0 Å². The van der Waals surface area contributed by atoms with Crippen molar-refractivity contribution >= 4 is 23.7 Å². The number of nitro benzene ring substituents is 1. The van der Waals surface area contributed by atoms with Gasteiger partial charge in [-0.3, -0.25) is 19.7 Å². The third kappa shape index (κ3) is 4.87. The van der Waals surface area contributed by atoms with Gasteiger partial charge in [0.25, 0.3) is 5.69 Å². The first-order valence-corrected chi connectivity index (χ1v) is 7.53. The summed E-state index contributed by atoms with van der Waals surface area (Å²) in [6.45, 7) is 1.73. The van der Waals surface area contributed by atoms with Crippen LogP contribution in [0.4, 0.5) is 5.69 Å². The second-order valence-electron chi connectivity index (χ2n) is 5.29. The second kappa shape index (κ2) is 8.38. The Morgan fingerprint density at radius 1 is 1.15 bits per heavy atom. The Bertz CT molecular complexity index is 851. The molecule has 0 aliphatic carbocycles. The zero-order chi connectivity index (χ0) is 19.1. The summed E-state index contributed by atoms with van der Waals surface area (Å²) in [5, 5.41) is 28.1. The molecular formula is C17H15N4O5-. The molecule has 0 aliphatic heterocycles. The maximum absolute atomic E-state index is 11.8. The Morgan fingerprint density at radius 3 is 2.50 bits per heavy atom. The van der Waals surface area contributed by atoms with E-state index in [0.29, 0.717) is 0 Å². The van der Waals surface area contributed by atoms with Crippen molar-refractivity contribution in [3.8, 4) is 5.75 Å². The fraction of sp³-hybridized carbons (Fsp3) is 0.118. The van der Waals surface area contributed by atoms with Crippen LogP contribution < -0.4 is 15.8 Å². The number of amides is 2. The van der Waals surface area contributed by atoms with Gasteiger partial charge in [0.15, 0.2) is 0 Å². The fourth-order valence-electron chi connectivity index (χ4n) is 2.06. The van der Waals surface area contributed by atoms with Crippen molar-refractivity contribution in [3.05, 3.63) is 69.8 Å². The molecule has 0 saturated carbocycles. The SMILES string of the molecule is C[C@H](NC(=O)C(=O)N/N=C\c1ccc([O-])c([N+](=O)[O-])c1)c1ccccc1. The third-order valence-corrected chi connectivity index (χ3v) is 3.41. The van der Waals surface area contributed by atoms with Crippen LogP contribution in [0.5, 0.6) is 5.75 Å². The molecule has 0 spiro atoms. The highest BCUT2D eigenvalue weighted by Crippen LogP contribution is 2.22. The van der Waals surface area contributed by atoms with Crippen molar-refractivity contribution in [1.29, 1.82) is 0 Å². The first-order chi connectivity index (χ1) is 12.4. The van der Waals surface area contributed by atoms with Gasteiger partial charge in [-0.05, 0) is 18.2 Å². The van der Waals surface area contributed by atoms with E-state index >= 15 is 0 Å². The molecule has 1 atom stereocenters. The van der Waals surface area contributed by atoms with E-state index in [4.69, 9.17) is 0 Å². The molecule has 9 heteroatoms. The first-order valence-electron chi connectivity index (χ1n) is 7.53. The van der Waals surface area contributed by atoms with Gasteiger partial charge in [-0.2, -0.15) is 5.10 Å². The zero-order valence-electron chi connectivity index (χ0n) is 13.7. The number of nitrogens with zero attached hydrogens (tertiary/aromatic N) is 2. The quantitative estimate of drug-likeness (QED) is 0.357. The number of rotatable bonds is 5. The number of hydrazone groups is 1. The highest BCUT2D eigenvalue weighted by Gasteiger charge is 2.16. The van der Waals surface area contributed by atoms with Gasteiger partial charge < -0.3 is 10.4 Å². The van der Waals surface area contributed by atoms with Gasteiger partial charge in [-0.1, -0.05) is 42.5 Å². The molecule has 0 aromatic heterocycles. The van der Waals surface area contributed by atoms with Crippen LogP contribution in [0, 0.1) is 10.1 Å². The predicted octanol–water partition coefficient (Wildman–Crippen LogP) is 0.996. The molecule has 0 saturated heterocycles. The summed E-state index contributed by atoms with van der Waals surface area (Å²) in [5.41, 5.74) is 2.49. The molecule has 2 aromatic carbocycles. The molecule has 2 rings (SSSR count). The molecule has 0 fully saturated rings. The second-order valence-corrected chi connectivity index (χ2v) is 5.29. The van der Waals surface area contributed by atoms with Crippen molar-refractivity contribution in [1.82, 2.24) is 10.7 Å². The zero-order valence-corrected chi connectivity index (χ0v) is 13.7. The lowest BCUT2D eigenvalue weighted by atomic mass is 10.1. The maximum atomic E-state index is 11.8. The van der Waals surface area contributed by atoms with Crippen LogP contribution in [0.15, 0.2) is 53.6 Å². The summed E-state index contributed by atoms with van der Waals surface area (Å²) in [6.07, 6.45) is 1.10. The normalized spacial score (nSPS) is 11.7. The van der Waals surface area contributed by atoms with Crippen LogP contribution in [0.1, 0.15) is 24.1 Å². The maximum Gasteiger partial charge on any atom is 0.329 e. The summed E-state index contributed by atoms with van der Waals surface area (Å²) >= 11 is 0. The molecule has 134 valence electrons. The summed E-state index contributed by atoms with van der Waals surface area (Å²) < 4.78 is 0. The number of benzene rings is 2. The summed E-state index contributed by atoms with van der Waals surface area (Å²) in [5.74, 6) is -2.59. The Balaban J connectivity index is 1.93. The minimum Gasteiger partial charge on any atom is -0.868 e. The average molecular weight is 355 g/mol. The lowest BCUT2D eigenvalue weighted by molar-refractivity contribution is -0.398. The third-order valence-electron chi connectivity index (χ3n) is 3.41. The molecule has 0 aliphatic rings. The van der Waals surface area contributed by atoms with Gasteiger partial charge in [0.2, 0.25) is 0 Å². The Kier molecular flexibility index (Phi) is 5.99. The van der Waals surface area contributed by atoms with Gasteiger partial charge in [0.1, 0.15) is 0 Å². The van der Waals surface area contributed by atoms with Crippen molar-refractivity contribution in [2.45, 2.75) is 13.0 Å². The standard InChI is InChI=1S/C17H16N4O5/c1-11(13-5-3-2-4-6-13)19-16(23)17(24)20-18-10-12-7-8-15(22)14(9-12)21(25)26/h2-11,22H,1H3,(H,19,23)(H,20,24)/p-1/b18-10-/t11-/m0/s1.